The summed E-state index contributed by atoms with van der Waals surface area (Å²) in [5.41, 5.74) is 3.12. The molecule has 0 saturated carbocycles. The second-order valence-corrected chi connectivity index (χ2v) is 6.97. The van der Waals surface area contributed by atoms with Crippen LogP contribution in [0.3, 0.4) is 0 Å². The van der Waals surface area contributed by atoms with E-state index in [1.165, 1.54) is 6.33 Å². The van der Waals surface area contributed by atoms with E-state index in [2.05, 4.69) is 15.4 Å². The number of hydrogen-bond donors (Lipinski definition) is 1. The van der Waals surface area contributed by atoms with Crippen molar-refractivity contribution in [1.29, 1.82) is 0 Å². The highest BCUT2D eigenvalue weighted by atomic mass is 16.5. The van der Waals surface area contributed by atoms with Crippen molar-refractivity contribution >= 4 is 17.8 Å². The van der Waals surface area contributed by atoms with Crippen LogP contribution in [-0.2, 0) is 14.3 Å². The molecule has 1 atom stereocenters. The molecule has 1 aromatic heterocycles. The first-order valence-electron chi connectivity index (χ1n) is 9.86. The van der Waals surface area contributed by atoms with Gasteiger partial charge in [-0.2, -0.15) is 10.1 Å². The first-order chi connectivity index (χ1) is 14.0. The van der Waals surface area contributed by atoms with Crippen molar-refractivity contribution in [2.75, 3.05) is 24.6 Å². The quantitative estimate of drug-likeness (QED) is 0.722. The maximum Gasteiger partial charge on any atom is 0.338 e. The number of aryl methyl sites for hydroxylation is 1. The number of fused-ring (bicyclic) bond motifs is 1. The lowest BCUT2D eigenvalue weighted by Crippen LogP contribution is -2.42. The normalized spacial score (nSPS) is 15.9. The standard InChI is InChI=1S/C21H27N5O3/c1-5-11-22-17(27)12-25-15(4)18(20(28)29-6-2)19(26-21(25)23-13-24-26)16-9-7-14(3)8-10-16/h7-10,13,19H,5-6,11-12H2,1-4H3,(H,22,27). The van der Waals surface area contributed by atoms with Gasteiger partial charge in [0.15, 0.2) is 0 Å². The van der Waals surface area contributed by atoms with Crippen molar-refractivity contribution < 1.29 is 14.3 Å². The molecule has 8 nitrogen and oxygen atoms in total. The first kappa shape index (κ1) is 20.6. The topological polar surface area (TPSA) is 89.4 Å². The lowest BCUT2D eigenvalue weighted by atomic mass is 9.94. The van der Waals surface area contributed by atoms with Gasteiger partial charge < -0.3 is 15.0 Å². The van der Waals surface area contributed by atoms with Crippen LogP contribution in [0.15, 0.2) is 41.9 Å². The summed E-state index contributed by atoms with van der Waals surface area (Å²) in [5.74, 6) is -0.0405. The molecule has 0 saturated heterocycles. The molecule has 0 bridgehead atoms. The summed E-state index contributed by atoms with van der Waals surface area (Å²) in [5, 5.41) is 7.24. The number of ether oxygens (including phenoxy) is 1. The van der Waals surface area contributed by atoms with Crippen molar-refractivity contribution in [3.05, 3.63) is 53.0 Å². The second-order valence-electron chi connectivity index (χ2n) is 6.97. The Hall–Kier alpha value is -3.16. The van der Waals surface area contributed by atoms with Crippen molar-refractivity contribution in [3.63, 3.8) is 0 Å². The van der Waals surface area contributed by atoms with E-state index in [0.717, 1.165) is 17.5 Å². The van der Waals surface area contributed by atoms with Crippen LogP contribution in [-0.4, -0.2) is 46.3 Å². The molecule has 1 amide bonds. The van der Waals surface area contributed by atoms with Crippen LogP contribution in [0.5, 0.6) is 0 Å². The van der Waals surface area contributed by atoms with E-state index in [-0.39, 0.29) is 19.1 Å². The number of aromatic nitrogens is 3. The number of anilines is 1. The smallest absolute Gasteiger partial charge is 0.338 e. The number of amides is 1. The van der Waals surface area contributed by atoms with Gasteiger partial charge in [0.25, 0.3) is 0 Å². The number of carbonyl (C=O) groups excluding carboxylic acids is 2. The largest absolute Gasteiger partial charge is 0.463 e. The minimum absolute atomic E-state index is 0.0497. The van der Waals surface area contributed by atoms with Crippen LogP contribution in [0.1, 0.15) is 44.4 Å². The third-order valence-electron chi connectivity index (χ3n) is 4.87. The molecule has 1 unspecified atom stereocenters. The average Bonchev–Trinajstić information content (AvgIpc) is 3.18. The van der Waals surface area contributed by atoms with Crippen LogP contribution < -0.4 is 10.2 Å². The maximum atomic E-state index is 12.9. The van der Waals surface area contributed by atoms with E-state index in [1.54, 1.807) is 16.5 Å². The van der Waals surface area contributed by atoms with Gasteiger partial charge in [-0.25, -0.2) is 9.48 Å². The Kier molecular flexibility index (Phi) is 6.31. The van der Waals surface area contributed by atoms with Crippen LogP contribution >= 0.6 is 0 Å². The number of carbonyl (C=O) groups is 2. The fourth-order valence-corrected chi connectivity index (χ4v) is 3.41. The SMILES string of the molecule is CCCNC(=O)CN1C(C)=C(C(=O)OCC)C(c2ccc(C)cc2)n2ncnc21. The second kappa shape index (κ2) is 8.89. The molecule has 0 radical (unpaired) electrons. The third kappa shape index (κ3) is 4.16. The number of nitrogens with one attached hydrogen (secondary N) is 1. The number of allylic oxidation sites excluding steroid dienone is 1. The van der Waals surface area contributed by atoms with Gasteiger partial charge in [0, 0.05) is 12.2 Å². The van der Waals surface area contributed by atoms with Gasteiger partial charge in [0.1, 0.15) is 18.9 Å². The zero-order chi connectivity index (χ0) is 21.0. The number of benzene rings is 1. The van der Waals surface area contributed by atoms with Gasteiger partial charge in [-0.15, -0.1) is 0 Å². The molecule has 1 aliphatic rings. The van der Waals surface area contributed by atoms with Gasteiger partial charge in [0.2, 0.25) is 11.9 Å². The molecule has 1 aliphatic heterocycles. The van der Waals surface area contributed by atoms with E-state index in [1.807, 2.05) is 45.0 Å². The van der Waals surface area contributed by atoms with Crippen LogP contribution in [0.2, 0.25) is 0 Å². The molecule has 8 heteroatoms. The van der Waals surface area contributed by atoms with Gasteiger partial charge in [-0.3, -0.25) is 4.79 Å². The predicted molar refractivity (Wildman–Crippen MR) is 109 cm³/mol. The van der Waals surface area contributed by atoms with Crippen molar-refractivity contribution in [1.82, 2.24) is 20.1 Å². The Labute approximate surface area is 170 Å². The summed E-state index contributed by atoms with van der Waals surface area (Å²) in [4.78, 5) is 31.4. The minimum Gasteiger partial charge on any atom is -0.463 e. The third-order valence-corrected chi connectivity index (χ3v) is 4.87. The molecular weight excluding hydrogens is 370 g/mol. The highest BCUT2D eigenvalue weighted by Crippen LogP contribution is 2.38. The number of hydrogen-bond acceptors (Lipinski definition) is 6. The van der Waals surface area contributed by atoms with Gasteiger partial charge >= 0.3 is 5.97 Å². The van der Waals surface area contributed by atoms with Crippen LogP contribution in [0.4, 0.5) is 5.95 Å². The summed E-state index contributed by atoms with van der Waals surface area (Å²) in [6, 6.07) is 7.47. The summed E-state index contributed by atoms with van der Waals surface area (Å²) >= 11 is 0. The van der Waals surface area contributed by atoms with Crippen LogP contribution in [0, 0.1) is 6.92 Å². The average molecular weight is 397 g/mol. The zero-order valence-electron chi connectivity index (χ0n) is 17.3. The molecule has 154 valence electrons. The summed E-state index contributed by atoms with van der Waals surface area (Å²) in [6.07, 6.45) is 2.29. The van der Waals surface area contributed by atoms with Crippen molar-refractivity contribution in [2.45, 2.75) is 40.2 Å². The Bertz CT molecular complexity index is 917. The summed E-state index contributed by atoms with van der Waals surface area (Å²) in [7, 11) is 0. The summed E-state index contributed by atoms with van der Waals surface area (Å²) in [6.45, 7) is 8.50. The van der Waals surface area contributed by atoms with E-state index in [4.69, 9.17) is 4.74 Å². The highest BCUT2D eigenvalue weighted by Gasteiger charge is 2.38. The Morgan fingerprint density at radius 1 is 1.17 bits per heavy atom. The molecule has 2 heterocycles. The van der Waals surface area contributed by atoms with Crippen LogP contribution in [0.25, 0.3) is 0 Å². The number of esters is 1. The Morgan fingerprint density at radius 2 is 1.90 bits per heavy atom. The van der Waals surface area contributed by atoms with E-state index >= 15 is 0 Å². The van der Waals surface area contributed by atoms with E-state index in [9.17, 15) is 9.59 Å². The highest BCUT2D eigenvalue weighted by molar-refractivity contribution is 5.93. The Morgan fingerprint density at radius 3 is 2.55 bits per heavy atom. The molecule has 2 aromatic rings. The van der Waals surface area contributed by atoms with Gasteiger partial charge in [-0.1, -0.05) is 36.8 Å². The fraction of sp³-hybridized carbons (Fsp3) is 0.429. The molecule has 1 N–H and O–H groups in total. The Balaban J connectivity index is 2.08. The lowest BCUT2D eigenvalue weighted by Gasteiger charge is -2.35. The minimum atomic E-state index is -0.470. The van der Waals surface area contributed by atoms with E-state index < -0.39 is 12.0 Å². The van der Waals surface area contributed by atoms with Crippen molar-refractivity contribution in [3.8, 4) is 0 Å². The molecular formula is C21H27N5O3. The lowest BCUT2D eigenvalue weighted by molar-refractivity contribution is -0.139. The van der Waals surface area contributed by atoms with Crippen molar-refractivity contribution in [2.24, 2.45) is 0 Å². The zero-order valence-corrected chi connectivity index (χ0v) is 17.3. The van der Waals surface area contributed by atoms with Gasteiger partial charge in [-0.05, 0) is 32.8 Å². The van der Waals surface area contributed by atoms with Gasteiger partial charge in [0.05, 0.1) is 12.2 Å². The maximum absolute atomic E-state index is 12.9. The molecule has 0 aliphatic carbocycles. The monoisotopic (exact) mass is 397 g/mol. The molecule has 29 heavy (non-hydrogen) atoms. The summed E-state index contributed by atoms with van der Waals surface area (Å²) < 4.78 is 7.03. The predicted octanol–water partition coefficient (Wildman–Crippen LogP) is 2.36. The number of nitrogens with zero attached hydrogens (tertiary/aromatic N) is 4. The molecule has 0 fully saturated rings. The first-order valence-corrected chi connectivity index (χ1v) is 9.86. The molecule has 0 spiro atoms. The molecule has 1 aromatic carbocycles. The van der Waals surface area contributed by atoms with E-state index in [0.29, 0.717) is 23.8 Å². The fourth-order valence-electron chi connectivity index (χ4n) is 3.41. The number of rotatable bonds is 7. The molecule has 3 rings (SSSR count).